The predicted octanol–water partition coefficient (Wildman–Crippen LogP) is 3.30. The Bertz CT molecular complexity index is 705. The van der Waals surface area contributed by atoms with E-state index < -0.39 is 0 Å². The van der Waals surface area contributed by atoms with Crippen molar-refractivity contribution in [2.45, 2.75) is 18.8 Å². The molecule has 2 aromatic heterocycles. The summed E-state index contributed by atoms with van der Waals surface area (Å²) in [5.41, 5.74) is 3.48. The quantitative estimate of drug-likeness (QED) is 0.682. The van der Waals surface area contributed by atoms with Crippen molar-refractivity contribution in [3.8, 4) is 5.69 Å². The third-order valence-electron chi connectivity index (χ3n) is 3.52. The molecule has 3 nitrogen and oxygen atoms in total. The summed E-state index contributed by atoms with van der Waals surface area (Å²) in [5.74, 6) is 0.694. The molecule has 3 heteroatoms. The molecule has 1 aliphatic rings. The Kier molecular flexibility index (Phi) is 2.00. The Morgan fingerprint density at radius 3 is 2.78 bits per heavy atom. The maximum atomic E-state index is 4.49. The van der Waals surface area contributed by atoms with Crippen molar-refractivity contribution in [2.75, 3.05) is 0 Å². The van der Waals surface area contributed by atoms with E-state index in [9.17, 15) is 0 Å². The number of hydrogen-bond donors (Lipinski definition) is 0. The molecule has 1 saturated carbocycles. The fourth-order valence-electron chi connectivity index (χ4n) is 2.47. The van der Waals surface area contributed by atoms with E-state index in [0.29, 0.717) is 5.92 Å². The Labute approximate surface area is 105 Å². The number of para-hydroxylation sites is 1. The molecule has 1 fully saturated rings. The summed E-state index contributed by atoms with van der Waals surface area (Å²) in [4.78, 5) is 4.40. The van der Waals surface area contributed by atoms with Gasteiger partial charge in [-0.3, -0.25) is 4.98 Å². The van der Waals surface area contributed by atoms with Crippen molar-refractivity contribution in [2.24, 2.45) is 0 Å². The zero-order valence-corrected chi connectivity index (χ0v) is 9.95. The van der Waals surface area contributed by atoms with Gasteiger partial charge >= 0.3 is 0 Å². The Morgan fingerprint density at radius 1 is 1.00 bits per heavy atom. The second-order valence-corrected chi connectivity index (χ2v) is 4.79. The molecule has 0 bridgehead atoms. The number of nitrogens with zero attached hydrogens (tertiary/aromatic N) is 3. The van der Waals surface area contributed by atoms with E-state index in [4.69, 9.17) is 0 Å². The molecule has 0 atom stereocenters. The monoisotopic (exact) mass is 235 g/mol. The van der Waals surface area contributed by atoms with Crippen LogP contribution in [0.1, 0.15) is 24.5 Å². The third kappa shape index (κ3) is 1.44. The zero-order chi connectivity index (χ0) is 11.9. The lowest BCUT2D eigenvalue weighted by molar-refractivity contribution is 0.812. The normalized spacial score (nSPS) is 15.1. The predicted molar refractivity (Wildman–Crippen MR) is 70.8 cm³/mol. The summed E-state index contributed by atoms with van der Waals surface area (Å²) in [6.45, 7) is 0. The molecular formula is C15H13N3. The first kappa shape index (κ1) is 9.83. The van der Waals surface area contributed by atoms with E-state index in [-0.39, 0.29) is 0 Å². The average molecular weight is 235 g/mol. The number of hydrogen-bond acceptors (Lipinski definition) is 2. The van der Waals surface area contributed by atoms with E-state index in [0.717, 1.165) is 16.6 Å². The van der Waals surface area contributed by atoms with E-state index in [1.54, 1.807) is 0 Å². The maximum Gasteiger partial charge on any atom is 0.0758 e. The minimum Gasteiger partial charge on any atom is -0.256 e. The molecule has 1 aliphatic carbocycles. The van der Waals surface area contributed by atoms with Gasteiger partial charge in [-0.15, -0.1) is 0 Å². The van der Waals surface area contributed by atoms with E-state index in [1.165, 1.54) is 18.5 Å². The summed E-state index contributed by atoms with van der Waals surface area (Å²) >= 11 is 0. The van der Waals surface area contributed by atoms with Crippen LogP contribution in [0.25, 0.3) is 16.6 Å². The minimum absolute atomic E-state index is 0.694. The van der Waals surface area contributed by atoms with Gasteiger partial charge in [-0.05, 0) is 31.0 Å². The highest BCUT2D eigenvalue weighted by Gasteiger charge is 2.27. The van der Waals surface area contributed by atoms with Crippen LogP contribution in [0.4, 0.5) is 0 Å². The van der Waals surface area contributed by atoms with Crippen molar-refractivity contribution in [3.05, 3.63) is 54.5 Å². The molecule has 1 aromatic carbocycles. The molecule has 0 N–H and O–H groups in total. The molecule has 0 spiro atoms. The summed E-state index contributed by atoms with van der Waals surface area (Å²) in [6.07, 6.45) is 6.32. The number of benzene rings is 1. The Balaban J connectivity index is 1.98. The summed E-state index contributed by atoms with van der Waals surface area (Å²) in [6, 6.07) is 12.4. The van der Waals surface area contributed by atoms with Gasteiger partial charge in [0.15, 0.2) is 0 Å². The van der Waals surface area contributed by atoms with Crippen LogP contribution in [0.3, 0.4) is 0 Å². The Hall–Kier alpha value is -2.16. The lowest BCUT2D eigenvalue weighted by Gasteiger charge is -2.09. The first-order valence-electron chi connectivity index (χ1n) is 6.31. The maximum absolute atomic E-state index is 4.49. The van der Waals surface area contributed by atoms with E-state index in [2.05, 4.69) is 26.9 Å². The Morgan fingerprint density at radius 2 is 1.89 bits per heavy atom. The molecule has 4 rings (SSSR count). The van der Waals surface area contributed by atoms with Gasteiger partial charge in [-0.25, -0.2) is 4.68 Å². The zero-order valence-electron chi connectivity index (χ0n) is 9.95. The largest absolute Gasteiger partial charge is 0.256 e. The van der Waals surface area contributed by atoms with Gasteiger partial charge in [0.05, 0.1) is 11.2 Å². The fraction of sp³-hybridized carbons (Fsp3) is 0.200. The van der Waals surface area contributed by atoms with Crippen molar-refractivity contribution in [1.29, 1.82) is 0 Å². The smallest absolute Gasteiger partial charge is 0.0758 e. The highest BCUT2D eigenvalue weighted by molar-refractivity contribution is 5.86. The van der Waals surface area contributed by atoms with E-state index >= 15 is 0 Å². The first-order chi connectivity index (χ1) is 8.93. The van der Waals surface area contributed by atoms with Crippen LogP contribution < -0.4 is 0 Å². The first-order valence-corrected chi connectivity index (χ1v) is 6.31. The van der Waals surface area contributed by atoms with Gasteiger partial charge in [0.1, 0.15) is 0 Å². The van der Waals surface area contributed by atoms with Crippen molar-refractivity contribution in [1.82, 2.24) is 14.8 Å². The van der Waals surface area contributed by atoms with Crippen molar-refractivity contribution >= 4 is 10.9 Å². The van der Waals surface area contributed by atoms with Crippen LogP contribution in [0.15, 0.2) is 48.8 Å². The molecule has 18 heavy (non-hydrogen) atoms. The molecular weight excluding hydrogens is 222 g/mol. The lowest BCUT2D eigenvalue weighted by atomic mass is 10.2. The minimum atomic E-state index is 0.694. The van der Waals surface area contributed by atoms with E-state index in [1.807, 2.05) is 36.7 Å². The van der Waals surface area contributed by atoms with Gasteiger partial charge < -0.3 is 0 Å². The molecule has 0 amide bonds. The van der Waals surface area contributed by atoms with Crippen LogP contribution >= 0.6 is 0 Å². The summed E-state index contributed by atoms with van der Waals surface area (Å²) in [5, 5.41) is 5.64. The average Bonchev–Trinajstić information content (AvgIpc) is 3.16. The molecule has 3 aromatic rings. The van der Waals surface area contributed by atoms with Crippen LogP contribution in [0.2, 0.25) is 0 Å². The highest BCUT2D eigenvalue weighted by Crippen LogP contribution is 2.40. The van der Waals surface area contributed by atoms with Gasteiger partial charge in [-0.1, -0.05) is 18.2 Å². The number of fused-ring (bicyclic) bond motifs is 1. The van der Waals surface area contributed by atoms with Gasteiger partial charge in [0.2, 0.25) is 0 Å². The van der Waals surface area contributed by atoms with Crippen LogP contribution in [0, 0.1) is 0 Å². The number of aromatic nitrogens is 3. The van der Waals surface area contributed by atoms with Gasteiger partial charge in [0.25, 0.3) is 0 Å². The fourth-order valence-corrected chi connectivity index (χ4v) is 2.47. The molecule has 0 unspecified atom stereocenters. The van der Waals surface area contributed by atoms with Crippen LogP contribution in [-0.4, -0.2) is 14.8 Å². The van der Waals surface area contributed by atoms with Gasteiger partial charge in [-0.2, -0.15) is 5.10 Å². The van der Waals surface area contributed by atoms with Crippen molar-refractivity contribution in [3.63, 3.8) is 0 Å². The summed E-state index contributed by atoms with van der Waals surface area (Å²) < 4.78 is 2.07. The standard InChI is InChI=1S/C15H13N3/c1-2-4-13-12(3-1)15(7-9-16-13)18-14(8-10-17-18)11-5-6-11/h1-4,7-11H,5-6H2. The number of rotatable bonds is 2. The highest BCUT2D eigenvalue weighted by atomic mass is 15.3. The number of pyridine rings is 1. The lowest BCUT2D eigenvalue weighted by Crippen LogP contribution is -2.02. The molecule has 88 valence electrons. The second kappa shape index (κ2) is 3.67. The van der Waals surface area contributed by atoms with Gasteiger partial charge in [0, 0.05) is 29.4 Å². The SMILES string of the molecule is c1ccc2c(-n3nccc3C3CC3)ccnc2c1. The molecule has 2 heterocycles. The van der Waals surface area contributed by atoms with Crippen molar-refractivity contribution < 1.29 is 0 Å². The third-order valence-corrected chi connectivity index (χ3v) is 3.52. The topological polar surface area (TPSA) is 30.7 Å². The molecule has 0 aliphatic heterocycles. The molecule has 0 radical (unpaired) electrons. The second-order valence-electron chi connectivity index (χ2n) is 4.79. The summed E-state index contributed by atoms with van der Waals surface area (Å²) in [7, 11) is 0. The van der Waals surface area contributed by atoms with Crippen LogP contribution in [-0.2, 0) is 0 Å². The molecule has 0 saturated heterocycles. The van der Waals surface area contributed by atoms with Crippen LogP contribution in [0.5, 0.6) is 0 Å².